The second kappa shape index (κ2) is 6.26. The summed E-state index contributed by atoms with van der Waals surface area (Å²) in [5.74, 6) is 2.74. The van der Waals surface area contributed by atoms with E-state index in [2.05, 4.69) is 35.8 Å². The van der Waals surface area contributed by atoms with Crippen molar-refractivity contribution in [2.75, 3.05) is 18.1 Å². The van der Waals surface area contributed by atoms with Crippen LogP contribution in [-0.2, 0) is 4.74 Å². The fourth-order valence-electron chi connectivity index (χ4n) is 5.27. The highest BCUT2D eigenvalue weighted by atomic mass is 32.2. The van der Waals surface area contributed by atoms with Crippen molar-refractivity contribution < 1.29 is 4.74 Å². The zero-order valence-corrected chi connectivity index (χ0v) is 14.8. The monoisotopic (exact) mass is 327 g/mol. The molecule has 21 heavy (non-hydrogen) atoms. The van der Waals surface area contributed by atoms with Crippen LogP contribution in [0.15, 0.2) is 0 Å². The lowest BCUT2D eigenvalue weighted by Crippen LogP contribution is -2.65. The molecule has 120 valence electrons. The molecule has 3 aliphatic carbocycles. The third-order valence-corrected chi connectivity index (χ3v) is 9.66. The highest BCUT2D eigenvalue weighted by molar-refractivity contribution is 8.07. The first-order chi connectivity index (χ1) is 10.3. The van der Waals surface area contributed by atoms with E-state index in [1.54, 1.807) is 0 Å². The van der Waals surface area contributed by atoms with Gasteiger partial charge in [0.2, 0.25) is 0 Å². The van der Waals surface area contributed by atoms with Crippen molar-refractivity contribution in [1.82, 2.24) is 5.32 Å². The molecule has 0 aromatic rings. The molecular formula is C17H29NOS2. The van der Waals surface area contributed by atoms with Crippen molar-refractivity contribution >= 4 is 23.5 Å². The highest BCUT2D eigenvalue weighted by Crippen LogP contribution is 2.55. The predicted octanol–water partition coefficient (Wildman–Crippen LogP) is 3.69. The van der Waals surface area contributed by atoms with Crippen molar-refractivity contribution in [3.8, 4) is 0 Å². The lowest BCUT2D eigenvalue weighted by molar-refractivity contribution is -0.132. The molecule has 3 saturated carbocycles. The van der Waals surface area contributed by atoms with Crippen LogP contribution in [0.2, 0.25) is 0 Å². The minimum atomic E-state index is 0.501. The molecule has 0 amide bonds. The van der Waals surface area contributed by atoms with Gasteiger partial charge in [0.1, 0.15) is 0 Å². The molecule has 1 N–H and O–H groups in total. The zero-order chi connectivity index (χ0) is 14.3. The molecule has 0 bridgehead atoms. The average molecular weight is 328 g/mol. The molecule has 0 aromatic heterocycles. The third-order valence-electron chi connectivity index (χ3n) is 6.35. The van der Waals surface area contributed by atoms with Gasteiger partial charge in [-0.3, -0.25) is 0 Å². The fourth-order valence-corrected chi connectivity index (χ4v) is 8.57. The van der Waals surface area contributed by atoms with Gasteiger partial charge < -0.3 is 10.1 Å². The van der Waals surface area contributed by atoms with Gasteiger partial charge in [-0.2, -0.15) is 23.5 Å². The van der Waals surface area contributed by atoms with Crippen molar-refractivity contribution in [2.45, 2.75) is 80.6 Å². The molecule has 4 fully saturated rings. The van der Waals surface area contributed by atoms with E-state index in [9.17, 15) is 0 Å². The standard InChI is InChI=1S/C17H29NOS2/c1-2-19-15-11-14(17(15)7-3-4-8-17)18-12-5-6-13-16(12)21-10-9-20-13/h12-16,18H,2-11H2,1H3/t12-,13-,14+,15-,16+/m1/s1. The minimum absolute atomic E-state index is 0.501. The SMILES string of the molecule is CCO[C@@H]1C[C@H](N[C@@H]2CC[C@H]3SCCS[C@@H]23)C12CCCC2. The van der Waals surface area contributed by atoms with Gasteiger partial charge in [-0.05, 0) is 39.0 Å². The highest BCUT2D eigenvalue weighted by Gasteiger charge is 2.57. The van der Waals surface area contributed by atoms with Crippen LogP contribution in [0.3, 0.4) is 0 Å². The van der Waals surface area contributed by atoms with Crippen LogP contribution in [0.5, 0.6) is 0 Å². The first-order valence-electron chi connectivity index (χ1n) is 8.94. The largest absolute Gasteiger partial charge is 0.378 e. The molecule has 5 atom stereocenters. The lowest BCUT2D eigenvalue weighted by Gasteiger charge is -2.55. The molecule has 1 saturated heterocycles. The summed E-state index contributed by atoms with van der Waals surface area (Å²) < 4.78 is 6.07. The van der Waals surface area contributed by atoms with E-state index in [4.69, 9.17) is 4.74 Å². The van der Waals surface area contributed by atoms with Crippen molar-refractivity contribution in [2.24, 2.45) is 5.41 Å². The number of hydrogen-bond donors (Lipinski definition) is 1. The summed E-state index contributed by atoms with van der Waals surface area (Å²) in [7, 11) is 0. The molecule has 1 spiro atoms. The predicted molar refractivity (Wildman–Crippen MR) is 93.4 cm³/mol. The van der Waals surface area contributed by atoms with Gasteiger partial charge in [-0.1, -0.05) is 12.8 Å². The lowest BCUT2D eigenvalue weighted by atomic mass is 9.60. The number of nitrogens with one attached hydrogen (secondary N) is 1. The van der Waals surface area contributed by atoms with Crippen LogP contribution in [0, 0.1) is 5.41 Å². The Morgan fingerprint density at radius 1 is 1.14 bits per heavy atom. The second-order valence-corrected chi connectivity index (χ2v) is 9.90. The molecule has 4 aliphatic rings. The summed E-state index contributed by atoms with van der Waals surface area (Å²) in [6, 6.07) is 1.52. The van der Waals surface area contributed by atoms with Gasteiger partial charge in [0.05, 0.1) is 6.10 Å². The van der Waals surface area contributed by atoms with Gasteiger partial charge in [-0.25, -0.2) is 0 Å². The van der Waals surface area contributed by atoms with Crippen LogP contribution < -0.4 is 5.32 Å². The smallest absolute Gasteiger partial charge is 0.0661 e. The van der Waals surface area contributed by atoms with Gasteiger partial charge in [0, 0.05) is 46.1 Å². The molecule has 0 unspecified atom stereocenters. The number of rotatable bonds is 4. The van der Waals surface area contributed by atoms with Gasteiger partial charge in [-0.15, -0.1) is 0 Å². The molecule has 4 rings (SSSR count). The number of ether oxygens (including phenoxy) is 1. The molecule has 2 nitrogen and oxygen atoms in total. The fraction of sp³-hybridized carbons (Fsp3) is 1.00. The van der Waals surface area contributed by atoms with E-state index in [0.29, 0.717) is 11.5 Å². The van der Waals surface area contributed by atoms with Crippen molar-refractivity contribution in [3.63, 3.8) is 0 Å². The van der Waals surface area contributed by atoms with E-state index >= 15 is 0 Å². The molecule has 4 heteroatoms. The van der Waals surface area contributed by atoms with Gasteiger partial charge >= 0.3 is 0 Å². The normalized spacial score (nSPS) is 44.7. The van der Waals surface area contributed by atoms with E-state index in [0.717, 1.165) is 29.2 Å². The maximum absolute atomic E-state index is 6.07. The Morgan fingerprint density at radius 3 is 2.76 bits per heavy atom. The third kappa shape index (κ3) is 2.58. The summed E-state index contributed by atoms with van der Waals surface area (Å²) in [5, 5.41) is 5.94. The Kier molecular flexibility index (Phi) is 4.52. The number of fused-ring (bicyclic) bond motifs is 1. The molecular weight excluding hydrogens is 298 g/mol. The molecule has 0 radical (unpaired) electrons. The van der Waals surface area contributed by atoms with Gasteiger partial charge in [0.15, 0.2) is 0 Å². The van der Waals surface area contributed by atoms with Crippen LogP contribution in [-0.4, -0.2) is 46.8 Å². The van der Waals surface area contributed by atoms with E-state index in [1.165, 1.54) is 56.5 Å². The first-order valence-corrected chi connectivity index (χ1v) is 11.0. The molecule has 1 aliphatic heterocycles. The maximum atomic E-state index is 6.07. The summed E-state index contributed by atoms with van der Waals surface area (Å²) >= 11 is 4.48. The zero-order valence-electron chi connectivity index (χ0n) is 13.2. The molecule has 0 aromatic carbocycles. The molecule has 1 heterocycles. The van der Waals surface area contributed by atoms with Crippen LogP contribution >= 0.6 is 23.5 Å². The van der Waals surface area contributed by atoms with Gasteiger partial charge in [0.25, 0.3) is 0 Å². The summed E-state index contributed by atoms with van der Waals surface area (Å²) in [5.41, 5.74) is 0.501. The Balaban J connectivity index is 1.40. The van der Waals surface area contributed by atoms with Crippen LogP contribution in [0.4, 0.5) is 0 Å². The Labute approximate surface area is 137 Å². The Bertz CT molecular complexity index is 372. The van der Waals surface area contributed by atoms with Crippen LogP contribution in [0.1, 0.15) is 51.9 Å². The average Bonchev–Trinajstić information content (AvgIpc) is 3.15. The topological polar surface area (TPSA) is 21.3 Å². The number of thioether (sulfide) groups is 2. The Hall–Kier alpha value is 0.620. The summed E-state index contributed by atoms with van der Waals surface area (Å²) in [6.07, 6.45) is 10.3. The van der Waals surface area contributed by atoms with E-state index < -0.39 is 0 Å². The van der Waals surface area contributed by atoms with Crippen molar-refractivity contribution in [3.05, 3.63) is 0 Å². The minimum Gasteiger partial charge on any atom is -0.378 e. The van der Waals surface area contributed by atoms with Crippen LogP contribution in [0.25, 0.3) is 0 Å². The Morgan fingerprint density at radius 2 is 1.95 bits per heavy atom. The summed E-state index contributed by atoms with van der Waals surface area (Å²) in [6.45, 7) is 3.04. The second-order valence-electron chi connectivity index (χ2n) is 7.27. The number of hydrogen-bond acceptors (Lipinski definition) is 4. The maximum Gasteiger partial charge on any atom is 0.0661 e. The van der Waals surface area contributed by atoms with E-state index in [1.807, 2.05) is 0 Å². The quantitative estimate of drug-likeness (QED) is 0.850. The van der Waals surface area contributed by atoms with E-state index in [-0.39, 0.29) is 0 Å². The summed E-state index contributed by atoms with van der Waals surface area (Å²) in [4.78, 5) is 0. The first kappa shape index (κ1) is 15.2. The van der Waals surface area contributed by atoms with Crippen molar-refractivity contribution in [1.29, 1.82) is 0 Å².